The minimum atomic E-state index is 0.00522. The lowest BCUT2D eigenvalue weighted by atomic mass is 10.1. The van der Waals surface area contributed by atoms with Crippen LogP contribution in [0.3, 0.4) is 0 Å². The van der Waals surface area contributed by atoms with Crippen molar-refractivity contribution in [3.63, 3.8) is 0 Å². The predicted molar refractivity (Wildman–Crippen MR) is 71.7 cm³/mol. The van der Waals surface area contributed by atoms with Crippen molar-refractivity contribution >= 4 is 0 Å². The Morgan fingerprint density at radius 1 is 0.812 bits per heavy atom. The number of hydrogen-bond acceptors (Lipinski definition) is 2. The molecule has 0 bridgehead atoms. The van der Waals surface area contributed by atoms with Crippen molar-refractivity contribution in [2.75, 3.05) is 14.2 Å². The Morgan fingerprint density at radius 3 is 1.69 bits per heavy atom. The molecule has 2 nitrogen and oxygen atoms in total. The van der Waals surface area contributed by atoms with Crippen molar-refractivity contribution in [1.82, 2.24) is 0 Å². The summed E-state index contributed by atoms with van der Waals surface area (Å²) in [4.78, 5) is 0. The molecule has 0 N–H and O–H groups in total. The smallest absolute Gasteiger partial charge is 0.156 e. The summed E-state index contributed by atoms with van der Waals surface area (Å²) in [5.74, 6) is 0. The predicted octanol–water partition coefficient (Wildman–Crippen LogP) is 4.55. The molecule has 0 rings (SSSR count). The highest BCUT2D eigenvalue weighted by Crippen LogP contribution is 2.10. The highest BCUT2D eigenvalue weighted by molar-refractivity contribution is 4.48. The van der Waals surface area contributed by atoms with Crippen LogP contribution in [0.2, 0.25) is 0 Å². The van der Waals surface area contributed by atoms with Crippen LogP contribution in [-0.4, -0.2) is 20.5 Å². The van der Waals surface area contributed by atoms with Crippen molar-refractivity contribution in [1.29, 1.82) is 0 Å². The van der Waals surface area contributed by atoms with E-state index in [1.54, 1.807) is 14.2 Å². The van der Waals surface area contributed by atoms with Crippen LogP contribution in [-0.2, 0) is 9.47 Å². The van der Waals surface area contributed by atoms with E-state index in [1.807, 2.05) is 0 Å². The molecule has 0 saturated carbocycles. The first-order valence-electron chi connectivity index (χ1n) is 6.40. The van der Waals surface area contributed by atoms with E-state index >= 15 is 0 Å². The van der Waals surface area contributed by atoms with Crippen LogP contribution >= 0.6 is 0 Å². The van der Waals surface area contributed by atoms with E-state index in [1.165, 1.54) is 44.9 Å². The molecule has 0 unspecified atom stereocenters. The molecular formula is C14H30O2. The lowest BCUT2D eigenvalue weighted by Gasteiger charge is -2.12. The molecule has 2 heteroatoms. The topological polar surface area (TPSA) is 18.5 Å². The molecule has 16 heavy (non-hydrogen) atoms. The van der Waals surface area contributed by atoms with Crippen molar-refractivity contribution in [3.05, 3.63) is 13.2 Å². The molecule has 0 aliphatic carbocycles. The van der Waals surface area contributed by atoms with Gasteiger partial charge in [-0.05, 0) is 12.8 Å². The Morgan fingerprint density at radius 2 is 1.25 bits per heavy atom. The molecule has 98 valence electrons. The van der Waals surface area contributed by atoms with Gasteiger partial charge in [0.15, 0.2) is 6.29 Å². The van der Waals surface area contributed by atoms with Crippen LogP contribution in [0.1, 0.15) is 58.3 Å². The van der Waals surface area contributed by atoms with Gasteiger partial charge < -0.3 is 9.47 Å². The first kappa shape index (κ1) is 18.0. The standard InChI is InChI=1S/C12H26O2.C2H4/c1-4-5-6-7-8-9-10-11-12(13-2)14-3;1-2/h12H,4-11H2,1-3H3;1-2H2. The fraction of sp³-hybridized carbons (Fsp3) is 0.857. The lowest BCUT2D eigenvalue weighted by molar-refractivity contribution is -0.107. The fourth-order valence-corrected chi connectivity index (χ4v) is 1.60. The van der Waals surface area contributed by atoms with Crippen molar-refractivity contribution < 1.29 is 9.47 Å². The molecule has 0 aromatic carbocycles. The number of methoxy groups -OCH3 is 2. The molecule has 0 spiro atoms. The molecule has 0 amide bonds. The van der Waals surface area contributed by atoms with Gasteiger partial charge >= 0.3 is 0 Å². The summed E-state index contributed by atoms with van der Waals surface area (Å²) in [5, 5.41) is 0. The van der Waals surface area contributed by atoms with Crippen molar-refractivity contribution in [3.8, 4) is 0 Å². The van der Waals surface area contributed by atoms with Crippen LogP contribution in [0.15, 0.2) is 13.2 Å². The summed E-state index contributed by atoms with van der Waals surface area (Å²) >= 11 is 0. The van der Waals surface area contributed by atoms with Gasteiger partial charge in [-0.25, -0.2) is 0 Å². The van der Waals surface area contributed by atoms with Gasteiger partial charge in [-0.1, -0.05) is 45.4 Å². The zero-order chi connectivity index (χ0) is 12.6. The number of hydrogen-bond donors (Lipinski definition) is 0. The normalized spacial score (nSPS) is 10.0. The molecule has 0 radical (unpaired) electrons. The van der Waals surface area contributed by atoms with Crippen molar-refractivity contribution in [2.45, 2.75) is 64.6 Å². The largest absolute Gasteiger partial charge is 0.356 e. The summed E-state index contributed by atoms with van der Waals surface area (Å²) in [7, 11) is 3.41. The Labute approximate surface area is 102 Å². The maximum absolute atomic E-state index is 5.12. The summed E-state index contributed by atoms with van der Waals surface area (Å²) in [5.41, 5.74) is 0. The summed E-state index contributed by atoms with van der Waals surface area (Å²) in [6, 6.07) is 0. The van der Waals surface area contributed by atoms with Crippen LogP contribution in [0.25, 0.3) is 0 Å². The minimum Gasteiger partial charge on any atom is -0.356 e. The number of unbranched alkanes of at least 4 members (excludes halogenated alkanes) is 6. The van der Waals surface area contributed by atoms with Crippen LogP contribution < -0.4 is 0 Å². The van der Waals surface area contributed by atoms with E-state index in [0.29, 0.717) is 0 Å². The van der Waals surface area contributed by atoms with Gasteiger partial charge in [-0.15, -0.1) is 13.2 Å². The summed E-state index contributed by atoms with van der Waals surface area (Å²) < 4.78 is 10.2. The lowest BCUT2D eigenvalue weighted by Crippen LogP contribution is -2.12. The average Bonchev–Trinajstić information content (AvgIpc) is 2.35. The SMILES string of the molecule is C=C.CCCCCCCCCC(OC)OC. The van der Waals surface area contributed by atoms with Gasteiger partial charge in [0.05, 0.1) is 0 Å². The van der Waals surface area contributed by atoms with E-state index in [9.17, 15) is 0 Å². The Kier molecular flexibility index (Phi) is 19.2. The van der Waals surface area contributed by atoms with Gasteiger partial charge in [0.1, 0.15) is 0 Å². The monoisotopic (exact) mass is 230 g/mol. The molecule has 0 atom stereocenters. The van der Waals surface area contributed by atoms with Gasteiger partial charge in [-0.3, -0.25) is 0 Å². The molecule has 0 aromatic heterocycles. The summed E-state index contributed by atoms with van der Waals surface area (Å²) in [6.45, 7) is 8.25. The first-order chi connectivity index (χ1) is 7.85. The van der Waals surface area contributed by atoms with E-state index in [-0.39, 0.29) is 6.29 Å². The van der Waals surface area contributed by atoms with Gasteiger partial charge in [0.25, 0.3) is 0 Å². The van der Waals surface area contributed by atoms with Gasteiger partial charge in [0, 0.05) is 14.2 Å². The number of rotatable bonds is 10. The highest BCUT2D eigenvalue weighted by Gasteiger charge is 2.03. The van der Waals surface area contributed by atoms with Gasteiger partial charge in [0.2, 0.25) is 0 Å². The highest BCUT2D eigenvalue weighted by atomic mass is 16.7. The Bertz CT molecular complexity index is 111. The second-order valence-corrected chi connectivity index (χ2v) is 3.81. The van der Waals surface area contributed by atoms with Crippen LogP contribution in [0, 0.1) is 0 Å². The third-order valence-corrected chi connectivity index (χ3v) is 2.57. The van der Waals surface area contributed by atoms with Crippen LogP contribution in [0.5, 0.6) is 0 Å². The molecule has 0 aromatic rings. The molecule has 0 heterocycles. The molecular weight excluding hydrogens is 200 g/mol. The second kappa shape index (κ2) is 17.1. The third-order valence-electron chi connectivity index (χ3n) is 2.57. The maximum atomic E-state index is 5.12. The maximum Gasteiger partial charge on any atom is 0.156 e. The van der Waals surface area contributed by atoms with Crippen molar-refractivity contribution in [2.24, 2.45) is 0 Å². The first-order valence-corrected chi connectivity index (χ1v) is 6.40. The fourth-order valence-electron chi connectivity index (χ4n) is 1.60. The van der Waals surface area contributed by atoms with Gasteiger partial charge in [-0.2, -0.15) is 0 Å². The Hall–Kier alpha value is -0.340. The summed E-state index contributed by atoms with van der Waals surface area (Å²) in [6.07, 6.45) is 10.4. The Balaban J connectivity index is 0. The van der Waals surface area contributed by atoms with E-state index < -0.39 is 0 Å². The van der Waals surface area contributed by atoms with Crippen LogP contribution in [0.4, 0.5) is 0 Å². The van der Waals surface area contributed by atoms with E-state index in [0.717, 1.165) is 6.42 Å². The molecule has 0 aliphatic rings. The third kappa shape index (κ3) is 13.7. The molecule has 0 saturated heterocycles. The molecule has 0 fully saturated rings. The number of ether oxygens (including phenoxy) is 2. The zero-order valence-corrected chi connectivity index (χ0v) is 11.5. The zero-order valence-electron chi connectivity index (χ0n) is 11.5. The van der Waals surface area contributed by atoms with E-state index in [4.69, 9.17) is 9.47 Å². The minimum absolute atomic E-state index is 0.00522. The second-order valence-electron chi connectivity index (χ2n) is 3.81. The van der Waals surface area contributed by atoms with E-state index in [2.05, 4.69) is 20.1 Å². The quantitative estimate of drug-likeness (QED) is 0.311. The average molecular weight is 230 g/mol. The molecule has 0 aliphatic heterocycles.